The van der Waals surface area contributed by atoms with Crippen molar-refractivity contribution < 1.29 is 0 Å². The van der Waals surface area contributed by atoms with Gasteiger partial charge in [-0.3, -0.25) is 0 Å². The summed E-state index contributed by atoms with van der Waals surface area (Å²) >= 11 is 11.1. The van der Waals surface area contributed by atoms with Crippen molar-refractivity contribution >= 4 is 45.0 Å². The predicted octanol–water partition coefficient (Wildman–Crippen LogP) is 4.98. The first-order valence-corrected chi connectivity index (χ1v) is 7.23. The standard InChI is InChI=1S/C13H11BrClNS/c14-11-4-2-1-3-9(11)8-17-13-6-5-10(15)7-12(13)16/h1-7H,8,16H2. The van der Waals surface area contributed by atoms with Crippen molar-refractivity contribution in [2.75, 3.05) is 5.73 Å². The Morgan fingerprint density at radius 1 is 1.18 bits per heavy atom. The predicted molar refractivity (Wildman–Crippen MR) is 79.6 cm³/mol. The van der Waals surface area contributed by atoms with Crippen LogP contribution in [0.1, 0.15) is 5.56 Å². The molecule has 0 saturated carbocycles. The van der Waals surface area contributed by atoms with E-state index in [9.17, 15) is 0 Å². The van der Waals surface area contributed by atoms with Crippen molar-refractivity contribution in [2.45, 2.75) is 10.6 Å². The fourth-order valence-electron chi connectivity index (χ4n) is 1.42. The Kier molecular flexibility index (Phi) is 4.37. The van der Waals surface area contributed by atoms with Crippen LogP contribution < -0.4 is 5.73 Å². The Bertz CT molecular complexity index is 531. The fourth-order valence-corrected chi connectivity index (χ4v) is 3.17. The van der Waals surface area contributed by atoms with E-state index < -0.39 is 0 Å². The van der Waals surface area contributed by atoms with Crippen LogP contribution in [0.5, 0.6) is 0 Å². The van der Waals surface area contributed by atoms with Crippen molar-refractivity contribution in [3.63, 3.8) is 0 Å². The summed E-state index contributed by atoms with van der Waals surface area (Å²) in [6.07, 6.45) is 0. The first-order chi connectivity index (χ1) is 8.16. The minimum Gasteiger partial charge on any atom is -0.398 e. The molecule has 0 bridgehead atoms. The third-order valence-electron chi connectivity index (χ3n) is 2.31. The number of anilines is 1. The van der Waals surface area contributed by atoms with Gasteiger partial charge in [-0.15, -0.1) is 11.8 Å². The van der Waals surface area contributed by atoms with Crippen LogP contribution in [0.3, 0.4) is 0 Å². The van der Waals surface area contributed by atoms with Gasteiger partial charge in [0.2, 0.25) is 0 Å². The van der Waals surface area contributed by atoms with Gasteiger partial charge in [0.25, 0.3) is 0 Å². The Morgan fingerprint density at radius 2 is 1.94 bits per heavy atom. The highest BCUT2D eigenvalue weighted by Gasteiger charge is 2.03. The molecule has 2 N–H and O–H groups in total. The monoisotopic (exact) mass is 327 g/mol. The van der Waals surface area contributed by atoms with Crippen molar-refractivity contribution in [3.8, 4) is 0 Å². The maximum atomic E-state index is 5.91. The summed E-state index contributed by atoms with van der Waals surface area (Å²) in [5.41, 5.74) is 7.89. The smallest absolute Gasteiger partial charge is 0.0467 e. The number of thioether (sulfide) groups is 1. The highest BCUT2D eigenvalue weighted by atomic mass is 79.9. The van der Waals surface area contributed by atoms with Gasteiger partial charge in [-0.2, -0.15) is 0 Å². The van der Waals surface area contributed by atoms with Gasteiger partial charge in [0, 0.05) is 25.8 Å². The van der Waals surface area contributed by atoms with Crippen LogP contribution in [0.4, 0.5) is 5.69 Å². The first kappa shape index (κ1) is 12.8. The minimum atomic E-state index is 0.674. The molecule has 17 heavy (non-hydrogen) atoms. The summed E-state index contributed by atoms with van der Waals surface area (Å²) in [6, 6.07) is 13.8. The van der Waals surface area contributed by atoms with Gasteiger partial charge in [-0.25, -0.2) is 0 Å². The lowest BCUT2D eigenvalue weighted by molar-refractivity contribution is 1.36. The average Bonchev–Trinajstić information content (AvgIpc) is 2.30. The topological polar surface area (TPSA) is 26.0 Å². The second-order valence-corrected chi connectivity index (χ2v) is 5.87. The summed E-state index contributed by atoms with van der Waals surface area (Å²) in [4.78, 5) is 1.06. The number of nitrogens with two attached hydrogens (primary N) is 1. The van der Waals surface area contributed by atoms with Gasteiger partial charge in [-0.1, -0.05) is 45.7 Å². The zero-order valence-electron chi connectivity index (χ0n) is 8.99. The molecule has 0 aliphatic heterocycles. The lowest BCUT2D eigenvalue weighted by atomic mass is 10.2. The van der Waals surface area contributed by atoms with Crippen molar-refractivity contribution in [1.29, 1.82) is 0 Å². The van der Waals surface area contributed by atoms with Gasteiger partial charge in [0.15, 0.2) is 0 Å². The van der Waals surface area contributed by atoms with Gasteiger partial charge < -0.3 is 5.73 Å². The summed E-state index contributed by atoms with van der Waals surface area (Å²) in [7, 11) is 0. The lowest BCUT2D eigenvalue weighted by Crippen LogP contribution is -1.89. The molecule has 0 aliphatic carbocycles. The van der Waals surface area contributed by atoms with Crippen molar-refractivity contribution in [3.05, 3.63) is 57.5 Å². The molecular formula is C13H11BrClNS. The molecule has 0 atom stereocenters. The maximum Gasteiger partial charge on any atom is 0.0467 e. The quantitative estimate of drug-likeness (QED) is 0.635. The Morgan fingerprint density at radius 3 is 2.65 bits per heavy atom. The van der Waals surface area contributed by atoms with Crippen LogP contribution in [0.25, 0.3) is 0 Å². The molecule has 0 aliphatic rings. The number of hydrogen-bond donors (Lipinski definition) is 1. The van der Waals surface area contributed by atoms with Crippen LogP contribution in [-0.2, 0) is 5.75 Å². The normalized spacial score (nSPS) is 10.5. The Hall–Kier alpha value is -0.640. The molecule has 0 radical (unpaired) electrons. The van der Waals surface area contributed by atoms with Crippen LogP contribution in [0.2, 0.25) is 5.02 Å². The zero-order valence-corrected chi connectivity index (χ0v) is 12.1. The molecule has 0 amide bonds. The number of nitrogen functional groups attached to an aromatic ring is 1. The number of benzene rings is 2. The molecule has 0 unspecified atom stereocenters. The molecule has 2 rings (SSSR count). The fraction of sp³-hybridized carbons (Fsp3) is 0.0769. The Balaban J connectivity index is 2.10. The molecule has 1 nitrogen and oxygen atoms in total. The summed E-state index contributed by atoms with van der Waals surface area (Å²) in [6.45, 7) is 0. The third-order valence-corrected chi connectivity index (χ3v) is 4.46. The maximum absolute atomic E-state index is 5.91. The van der Waals surface area contributed by atoms with Crippen LogP contribution in [0, 0.1) is 0 Å². The zero-order chi connectivity index (χ0) is 12.3. The second kappa shape index (κ2) is 5.80. The van der Waals surface area contributed by atoms with E-state index >= 15 is 0 Å². The molecule has 0 spiro atoms. The second-order valence-electron chi connectivity index (χ2n) is 3.56. The molecule has 0 aromatic heterocycles. The van der Waals surface area contributed by atoms with Crippen molar-refractivity contribution in [1.82, 2.24) is 0 Å². The highest BCUT2D eigenvalue weighted by molar-refractivity contribution is 9.10. The van der Waals surface area contributed by atoms with Crippen LogP contribution in [0.15, 0.2) is 51.8 Å². The lowest BCUT2D eigenvalue weighted by Gasteiger charge is -2.07. The highest BCUT2D eigenvalue weighted by Crippen LogP contribution is 2.31. The summed E-state index contributed by atoms with van der Waals surface area (Å²) in [5.74, 6) is 0.882. The van der Waals surface area contributed by atoms with Crippen molar-refractivity contribution in [2.24, 2.45) is 0 Å². The van der Waals surface area contributed by atoms with Gasteiger partial charge in [0.1, 0.15) is 0 Å². The minimum absolute atomic E-state index is 0.674. The molecule has 0 fully saturated rings. The van der Waals surface area contributed by atoms with Gasteiger partial charge in [0.05, 0.1) is 0 Å². The average molecular weight is 329 g/mol. The molecule has 0 saturated heterocycles. The molecular weight excluding hydrogens is 318 g/mol. The van der Waals surface area contributed by atoms with E-state index in [0.717, 1.165) is 20.8 Å². The van der Waals surface area contributed by atoms with E-state index in [2.05, 4.69) is 22.0 Å². The van der Waals surface area contributed by atoms with Crippen LogP contribution in [-0.4, -0.2) is 0 Å². The first-order valence-electron chi connectivity index (χ1n) is 5.08. The third kappa shape index (κ3) is 3.41. The van der Waals surface area contributed by atoms with E-state index in [0.29, 0.717) is 5.02 Å². The van der Waals surface area contributed by atoms with Gasteiger partial charge in [-0.05, 0) is 29.8 Å². The number of halogens is 2. The van der Waals surface area contributed by atoms with Crippen LogP contribution >= 0.6 is 39.3 Å². The Labute approximate surface area is 118 Å². The van der Waals surface area contributed by atoms with E-state index in [1.54, 1.807) is 17.8 Å². The summed E-state index contributed by atoms with van der Waals surface area (Å²) < 4.78 is 1.13. The molecule has 0 heterocycles. The van der Waals surface area contributed by atoms with E-state index in [-0.39, 0.29) is 0 Å². The molecule has 2 aromatic rings. The van der Waals surface area contributed by atoms with E-state index in [1.165, 1.54) is 5.56 Å². The summed E-state index contributed by atoms with van der Waals surface area (Å²) in [5, 5.41) is 0.674. The SMILES string of the molecule is Nc1cc(Cl)ccc1SCc1ccccc1Br. The number of hydrogen-bond acceptors (Lipinski definition) is 2. The molecule has 88 valence electrons. The van der Waals surface area contributed by atoms with E-state index in [4.69, 9.17) is 17.3 Å². The van der Waals surface area contributed by atoms with Gasteiger partial charge >= 0.3 is 0 Å². The number of rotatable bonds is 3. The molecule has 2 aromatic carbocycles. The molecule has 4 heteroatoms. The van der Waals surface area contributed by atoms with E-state index in [1.807, 2.05) is 30.3 Å². The largest absolute Gasteiger partial charge is 0.398 e.